The zero-order valence-corrected chi connectivity index (χ0v) is 18.9. The van der Waals surface area contributed by atoms with Gasteiger partial charge in [0.25, 0.3) is 5.91 Å². The number of nitrogens with zero attached hydrogens (tertiary/aromatic N) is 3. The van der Waals surface area contributed by atoms with Crippen molar-refractivity contribution in [1.82, 2.24) is 25.1 Å². The highest BCUT2D eigenvalue weighted by atomic mass is 16.2. The molecule has 1 aromatic heterocycles. The minimum Gasteiger partial charge on any atom is -0.357 e. The molecule has 31 heavy (non-hydrogen) atoms. The fraction of sp³-hybridized carbons (Fsp3) is 0.478. The summed E-state index contributed by atoms with van der Waals surface area (Å²) in [6, 6.07) is 8.95. The maximum Gasteiger partial charge on any atom is 0.272 e. The Labute approximate surface area is 183 Å². The summed E-state index contributed by atoms with van der Waals surface area (Å²) in [4.78, 5) is 44.5. The van der Waals surface area contributed by atoms with Gasteiger partial charge in [-0.1, -0.05) is 58.0 Å². The quantitative estimate of drug-likeness (QED) is 0.768. The predicted molar refractivity (Wildman–Crippen MR) is 118 cm³/mol. The van der Waals surface area contributed by atoms with Crippen molar-refractivity contribution in [2.45, 2.75) is 53.2 Å². The Balaban J connectivity index is 2.03. The second-order valence-corrected chi connectivity index (χ2v) is 8.80. The van der Waals surface area contributed by atoms with Crippen LogP contribution in [0.4, 0.5) is 0 Å². The van der Waals surface area contributed by atoms with Gasteiger partial charge in [-0.05, 0) is 5.41 Å². The third-order valence-corrected chi connectivity index (χ3v) is 5.56. The number of hydrogen-bond donors (Lipinski definition) is 2. The molecule has 3 rings (SSSR count). The molecular weight excluding hydrogens is 394 g/mol. The van der Waals surface area contributed by atoms with E-state index in [2.05, 4.69) is 15.6 Å². The number of aromatic nitrogens is 2. The third-order valence-electron chi connectivity index (χ3n) is 5.56. The SMILES string of the molecule is CCC(=O)N1CCn2c(-c3ccccc3)nc(C(=O)N[C@H](C(=O)NC)C(C)(C)C)c2C1. The van der Waals surface area contributed by atoms with Crippen molar-refractivity contribution >= 4 is 17.7 Å². The first-order valence-corrected chi connectivity index (χ1v) is 10.6. The molecule has 0 bridgehead atoms. The van der Waals surface area contributed by atoms with Crippen LogP contribution in [0.25, 0.3) is 11.4 Å². The number of nitrogens with one attached hydrogen (secondary N) is 2. The van der Waals surface area contributed by atoms with Gasteiger partial charge in [-0.25, -0.2) is 4.98 Å². The fourth-order valence-electron chi connectivity index (χ4n) is 3.81. The van der Waals surface area contributed by atoms with E-state index in [1.165, 1.54) is 0 Å². The first-order valence-electron chi connectivity index (χ1n) is 10.6. The van der Waals surface area contributed by atoms with E-state index in [9.17, 15) is 14.4 Å². The van der Waals surface area contributed by atoms with Crippen LogP contribution in [0.1, 0.15) is 50.3 Å². The minimum absolute atomic E-state index is 0.0398. The van der Waals surface area contributed by atoms with Gasteiger partial charge in [0.1, 0.15) is 11.9 Å². The Morgan fingerprint density at radius 3 is 2.39 bits per heavy atom. The Kier molecular flexibility index (Phi) is 6.48. The van der Waals surface area contributed by atoms with E-state index in [0.717, 1.165) is 5.56 Å². The Morgan fingerprint density at radius 2 is 1.81 bits per heavy atom. The van der Waals surface area contributed by atoms with Gasteiger partial charge in [0.05, 0.1) is 12.2 Å². The smallest absolute Gasteiger partial charge is 0.272 e. The number of hydrogen-bond acceptors (Lipinski definition) is 4. The van der Waals surface area contributed by atoms with Crippen molar-refractivity contribution in [2.75, 3.05) is 13.6 Å². The molecule has 0 saturated heterocycles. The lowest BCUT2D eigenvalue weighted by molar-refractivity contribution is -0.132. The number of amides is 3. The maximum absolute atomic E-state index is 13.3. The minimum atomic E-state index is -0.723. The molecule has 1 atom stereocenters. The van der Waals surface area contributed by atoms with Crippen LogP contribution < -0.4 is 10.6 Å². The average molecular weight is 426 g/mol. The standard InChI is InChI=1S/C23H31N5O3/c1-6-17(29)27-12-13-28-16(14-27)18(25-20(28)15-10-8-7-9-11-15)21(30)26-19(22(31)24-5)23(2,3)4/h7-11,19H,6,12-14H2,1-5H3,(H,24,31)(H,26,30)/t19-/m1/s1. The topological polar surface area (TPSA) is 96.3 Å². The summed E-state index contributed by atoms with van der Waals surface area (Å²) in [5, 5.41) is 5.49. The van der Waals surface area contributed by atoms with Gasteiger partial charge in [0, 0.05) is 32.1 Å². The van der Waals surface area contributed by atoms with Crippen LogP contribution in [-0.4, -0.2) is 51.8 Å². The summed E-state index contributed by atoms with van der Waals surface area (Å²) in [5.41, 5.74) is 1.36. The van der Waals surface area contributed by atoms with Gasteiger partial charge in [0.2, 0.25) is 11.8 Å². The van der Waals surface area contributed by atoms with Crippen molar-refractivity contribution in [3.05, 3.63) is 41.7 Å². The Morgan fingerprint density at radius 1 is 1.13 bits per heavy atom. The summed E-state index contributed by atoms with van der Waals surface area (Å²) in [6.07, 6.45) is 0.407. The number of rotatable bonds is 5. The molecule has 2 N–H and O–H groups in total. The van der Waals surface area contributed by atoms with E-state index in [-0.39, 0.29) is 17.5 Å². The third kappa shape index (κ3) is 4.62. The average Bonchev–Trinajstić information content (AvgIpc) is 3.15. The van der Waals surface area contributed by atoms with Crippen molar-refractivity contribution in [3.8, 4) is 11.4 Å². The fourth-order valence-corrected chi connectivity index (χ4v) is 3.81. The molecule has 166 valence electrons. The van der Waals surface area contributed by atoms with Crippen LogP contribution in [0.2, 0.25) is 0 Å². The zero-order valence-electron chi connectivity index (χ0n) is 18.9. The van der Waals surface area contributed by atoms with E-state index in [1.54, 1.807) is 11.9 Å². The van der Waals surface area contributed by atoms with Crippen LogP contribution in [0.15, 0.2) is 30.3 Å². The number of benzene rings is 1. The monoisotopic (exact) mass is 425 g/mol. The van der Waals surface area contributed by atoms with Crippen LogP contribution in [0.5, 0.6) is 0 Å². The Bertz CT molecular complexity index is 975. The first kappa shape index (κ1) is 22.5. The van der Waals surface area contributed by atoms with E-state index >= 15 is 0 Å². The van der Waals surface area contributed by atoms with E-state index in [0.29, 0.717) is 37.6 Å². The van der Waals surface area contributed by atoms with Gasteiger partial charge in [-0.3, -0.25) is 14.4 Å². The molecule has 8 heteroatoms. The summed E-state index contributed by atoms with van der Waals surface area (Å²) in [7, 11) is 1.55. The molecule has 0 spiro atoms. The molecule has 3 amide bonds. The summed E-state index contributed by atoms with van der Waals surface area (Å²) >= 11 is 0. The van der Waals surface area contributed by atoms with Crippen molar-refractivity contribution in [3.63, 3.8) is 0 Å². The second-order valence-electron chi connectivity index (χ2n) is 8.80. The van der Waals surface area contributed by atoms with Crippen LogP contribution in [0.3, 0.4) is 0 Å². The predicted octanol–water partition coefficient (Wildman–Crippen LogP) is 2.19. The molecule has 0 saturated carbocycles. The normalized spacial score (nSPS) is 14.5. The number of carbonyl (C=O) groups excluding carboxylic acids is 3. The second kappa shape index (κ2) is 8.91. The molecule has 0 aliphatic carbocycles. The molecule has 0 radical (unpaired) electrons. The zero-order chi connectivity index (χ0) is 22.8. The lowest BCUT2D eigenvalue weighted by atomic mass is 9.86. The molecule has 1 aliphatic rings. The molecular formula is C23H31N5O3. The Hall–Kier alpha value is -3.16. The summed E-state index contributed by atoms with van der Waals surface area (Å²) in [5.74, 6) is 0.0508. The number of carbonyl (C=O) groups is 3. The van der Waals surface area contributed by atoms with Gasteiger partial charge < -0.3 is 20.1 Å². The summed E-state index contributed by atoms with van der Waals surface area (Å²) in [6.45, 7) is 8.96. The summed E-state index contributed by atoms with van der Waals surface area (Å²) < 4.78 is 2.01. The number of fused-ring (bicyclic) bond motifs is 1. The van der Waals surface area contributed by atoms with Crippen LogP contribution >= 0.6 is 0 Å². The van der Waals surface area contributed by atoms with Gasteiger partial charge in [0.15, 0.2) is 5.69 Å². The lowest BCUT2D eigenvalue weighted by Gasteiger charge is -2.31. The van der Waals surface area contributed by atoms with Crippen LogP contribution in [-0.2, 0) is 22.7 Å². The molecule has 2 heterocycles. The van der Waals surface area contributed by atoms with Crippen molar-refractivity contribution in [1.29, 1.82) is 0 Å². The van der Waals surface area contributed by atoms with Gasteiger partial charge >= 0.3 is 0 Å². The number of likely N-dealkylation sites (N-methyl/N-ethyl adjacent to an activating group) is 1. The van der Waals surface area contributed by atoms with Crippen molar-refractivity contribution in [2.24, 2.45) is 5.41 Å². The van der Waals surface area contributed by atoms with Gasteiger partial charge in [-0.2, -0.15) is 0 Å². The van der Waals surface area contributed by atoms with Crippen molar-refractivity contribution < 1.29 is 14.4 Å². The van der Waals surface area contributed by atoms with Crippen LogP contribution in [0, 0.1) is 5.41 Å². The molecule has 0 fully saturated rings. The van der Waals surface area contributed by atoms with E-state index in [4.69, 9.17) is 0 Å². The molecule has 1 aromatic carbocycles. The van der Waals surface area contributed by atoms with Gasteiger partial charge in [-0.15, -0.1) is 0 Å². The first-order chi connectivity index (χ1) is 14.7. The largest absolute Gasteiger partial charge is 0.357 e. The lowest BCUT2D eigenvalue weighted by Crippen LogP contribution is -2.53. The maximum atomic E-state index is 13.3. The highest BCUT2D eigenvalue weighted by Crippen LogP contribution is 2.27. The molecule has 2 aromatic rings. The molecule has 1 aliphatic heterocycles. The highest BCUT2D eigenvalue weighted by molar-refractivity contribution is 5.98. The number of imidazole rings is 1. The highest BCUT2D eigenvalue weighted by Gasteiger charge is 2.35. The molecule has 8 nitrogen and oxygen atoms in total. The van der Waals surface area contributed by atoms with E-state index < -0.39 is 17.4 Å². The molecule has 0 unspecified atom stereocenters. The van der Waals surface area contributed by atoms with E-state index in [1.807, 2.05) is 62.6 Å².